The largest absolute Gasteiger partial charge is 0.481 e. The number of nitrogens with one attached hydrogen (secondary N) is 2. The summed E-state index contributed by atoms with van der Waals surface area (Å²) in [4.78, 5) is 45.7. The molecule has 0 radical (unpaired) electrons. The van der Waals surface area contributed by atoms with Crippen molar-refractivity contribution in [1.29, 1.82) is 0 Å². The van der Waals surface area contributed by atoms with Gasteiger partial charge in [0.2, 0.25) is 11.8 Å². The van der Waals surface area contributed by atoms with Gasteiger partial charge in [0.25, 0.3) is 0 Å². The van der Waals surface area contributed by atoms with Gasteiger partial charge in [0.15, 0.2) is 0 Å². The minimum atomic E-state index is -0.949. The van der Waals surface area contributed by atoms with Crippen LogP contribution in [0.3, 0.4) is 0 Å². The van der Waals surface area contributed by atoms with Crippen LogP contribution in [-0.2, 0) is 14.4 Å². The molecule has 0 atom stereocenters. The second-order valence-electron chi connectivity index (χ2n) is 5.04. The van der Waals surface area contributed by atoms with Gasteiger partial charge >= 0.3 is 12.0 Å². The number of carbonyl (C=O) groups excluding carboxylic acids is 3. The first kappa shape index (κ1) is 14.9. The van der Waals surface area contributed by atoms with Crippen molar-refractivity contribution in [2.24, 2.45) is 0 Å². The van der Waals surface area contributed by atoms with E-state index in [1.165, 1.54) is 0 Å². The maximum absolute atomic E-state index is 11.9. The fraction of sp³-hybridized carbons (Fsp3) is 0.636. The van der Waals surface area contributed by atoms with E-state index >= 15 is 0 Å². The summed E-state index contributed by atoms with van der Waals surface area (Å²) in [5, 5.41) is 13.3. The highest BCUT2D eigenvalue weighted by Crippen LogP contribution is 2.12. The Balaban J connectivity index is 2.55. The van der Waals surface area contributed by atoms with Crippen LogP contribution in [0.2, 0.25) is 0 Å². The van der Waals surface area contributed by atoms with Crippen molar-refractivity contribution in [3.05, 3.63) is 0 Å². The van der Waals surface area contributed by atoms with Crippen molar-refractivity contribution in [3.8, 4) is 0 Å². The monoisotopic (exact) mass is 271 g/mol. The van der Waals surface area contributed by atoms with Gasteiger partial charge in [-0.25, -0.2) is 4.79 Å². The van der Waals surface area contributed by atoms with Crippen LogP contribution in [0.1, 0.15) is 26.7 Å². The summed E-state index contributed by atoms with van der Waals surface area (Å²) in [5.74, 6) is -2.01. The van der Waals surface area contributed by atoms with Crippen molar-refractivity contribution < 1.29 is 24.3 Å². The van der Waals surface area contributed by atoms with E-state index in [4.69, 9.17) is 5.11 Å². The highest BCUT2D eigenvalue weighted by Gasteiger charge is 2.29. The quantitative estimate of drug-likeness (QED) is 0.584. The molecule has 0 bridgehead atoms. The molecule has 0 aromatic rings. The Labute approximate surface area is 110 Å². The molecule has 0 aromatic carbocycles. The maximum atomic E-state index is 11.9. The first-order valence-electron chi connectivity index (χ1n) is 5.81. The van der Waals surface area contributed by atoms with Gasteiger partial charge in [-0.2, -0.15) is 0 Å². The number of hydrogen-bond donors (Lipinski definition) is 3. The van der Waals surface area contributed by atoms with Gasteiger partial charge in [0.05, 0.1) is 0 Å². The normalized spacial score (nSPS) is 16.0. The molecule has 8 nitrogen and oxygen atoms in total. The number of nitrogens with zero attached hydrogens (tertiary/aromatic N) is 1. The second kappa shape index (κ2) is 5.68. The lowest BCUT2D eigenvalue weighted by Crippen LogP contribution is -2.58. The van der Waals surface area contributed by atoms with Crippen molar-refractivity contribution in [3.63, 3.8) is 0 Å². The summed E-state index contributed by atoms with van der Waals surface area (Å²) in [6.07, 6.45) is 0.175. The number of carboxylic acids is 1. The van der Waals surface area contributed by atoms with E-state index in [-0.39, 0.29) is 25.9 Å². The third-order valence-electron chi connectivity index (χ3n) is 2.64. The zero-order valence-corrected chi connectivity index (χ0v) is 10.9. The molecule has 3 N–H and O–H groups in total. The van der Waals surface area contributed by atoms with Gasteiger partial charge in [-0.05, 0) is 20.3 Å². The predicted molar refractivity (Wildman–Crippen MR) is 64.2 cm³/mol. The molecule has 19 heavy (non-hydrogen) atoms. The predicted octanol–water partition coefficient (Wildman–Crippen LogP) is -0.702. The number of rotatable bonds is 4. The minimum absolute atomic E-state index is 0.0767. The smallest absolute Gasteiger partial charge is 0.318 e. The fourth-order valence-electron chi connectivity index (χ4n) is 1.63. The van der Waals surface area contributed by atoms with Crippen LogP contribution in [0.4, 0.5) is 4.79 Å². The standard InChI is InChI=1S/C11H17N3O5/c1-11(2,4-3-9(17)18)13-10(19)14-5-7(15)12-8(16)6-14/h3-6H2,1-2H3,(H,13,19)(H,17,18)(H,12,15,16). The van der Waals surface area contributed by atoms with Crippen molar-refractivity contribution in [2.45, 2.75) is 32.2 Å². The van der Waals surface area contributed by atoms with Crippen molar-refractivity contribution >= 4 is 23.8 Å². The molecule has 1 saturated heterocycles. The summed E-state index contributed by atoms with van der Waals surface area (Å²) in [6, 6.07) is -0.557. The lowest BCUT2D eigenvalue weighted by Gasteiger charge is -2.31. The molecule has 4 amide bonds. The average Bonchev–Trinajstić information content (AvgIpc) is 2.24. The summed E-state index contributed by atoms with van der Waals surface area (Å²) >= 11 is 0. The van der Waals surface area contributed by atoms with Crippen LogP contribution < -0.4 is 10.6 Å². The molecule has 1 aliphatic heterocycles. The molecule has 0 aromatic heterocycles. The molecular weight excluding hydrogens is 254 g/mol. The Morgan fingerprint density at radius 1 is 1.32 bits per heavy atom. The summed E-state index contributed by atoms with van der Waals surface area (Å²) < 4.78 is 0. The number of carbonyl (C=O) groups is 4. The van der Waals surface area contributed by atoms with E-state index in [0.717, 1.165) is 4.90 Å². The van der Waals surface area contributed by atoms with E-state index in [2.05, 4.69) is 10.6 Å². The van der Waals surface area contributed by atoms with Gasteiger partial charge in [0.1, 0.15) is 13.1 Å². The maximum Gasteiger partial charge on any atom is 0.318 e. The molecule has 0 unspecified atom stereocenters. The van der Waals surface area contributed by atoms with Gasteiger partial charge in [-0.15, -0.1) is 0 Å². The second-order valence-corrected chi connectivity index (χ2v) is 5.04. The topological polar surface area (TPSA) is 116 Å². The number of hydrogen-bond acceptors (Lipinski definition) is 4. The van der Waals surface area contributed by atoms with E-state index in [9.17, 15) is 19.2 Å². The summed E-state index contributed by atoms with van der Waals surface area (Å²) in [7, 11) is 0. The van der Waals surface area contributed by atoms with E-state index in [1.807, 2.05) is 0 Å². The highest BCUT2D eigenvalue weighted by atomic mass is 16.4. The number of amides is 4. The number of carboxylic acid groups (broad SMARTS) is 1. The van der Waals surface area contributed by atoms with Gasteiger partial charge in [-0.1, -0.05) is 0 Å². The Kier molecular flexibility index (Phi) is 4.47. The molecule has 8 heteroatoms. The molecule has 1 rings (SSSR count). The van der Waals surface area contributed by atoms with Gasteiger partial charge < -0.3 is 15.3 Å². The molecular formula is C11H17N3O5. The SMILES string of the molecule is CC(C)(CCC(=O)O)NC(=O)N1CC(=O)NC(=O)C1. The third-order valence-corrected chi connectivity index (χ3v) is 2.64. The molecule has 106 valence electrons. The molecule has 1 aliphatic rings. The first-order valence-corrected chi connectivity index (χ1v) is 5.81. The van der Waals surface area contributed by atoms with Crippen molar-refractivity contribution in [1.82, 2.24) is 15.5 Å². The number of urea groups is 1. The molecule has 0 spiro atoms. The number of piperazine rings is 1. The Morgan fingerprint density at radius 3 is 2.32 bits per heavy atom. The average molecular weight is 271 g/mol. The van der Waals surface area contributed by atoms with Crippen LogP contribution in [-0.4, -0.2) is 52.4 Å². The van der Waals surface area contributed by atoms with E-state index in [0.29, 0.717) is 0 Å². The molecule has 0 aliphatic carbocycles. The zero-order chi connectivity index (χ0) is 14.6. The summed E-state index contributed by atoms with van der Waals surface area (Å²) in [6.45, 7) is 2.98. The van der Waals surface area contributed by atoms with Crippen LogP contribution in [0.5, 0.6) is 0 Å². The molecule has 1 fully saturated rings. The number of imide groups is 1. The Bertz CT molecular complexity index is 403. The van der Waals surface area contributed by atoms with E-state index in [1.54, 1.807) is 13.8 Å². The first-order chi connectivity index (χ1) is 8.69. The third kappa shape index (κ3) is 4.94. The lowest BCUT2D eigenvalue weighted by molar-refractivity contribution is -0.137. The number of aliphatic carboxylic acids is 1. The van der Waals surface area contributed by atoms with Gasteiger partial charge in [0, 0.05) is 12.0 Å². The van der Waals surface area contributed by atoms with Crippen LogP contribution in [0.15, 0.2) is 0 Å². The van der Waals surface area contributed by atoms with Crippen LogP contribution >= 0.6 is 0 Å². The fourth-order valence-corrected chi connectivity index (χ4v) is 1.63. The van der Waals surface area contributed by atoms with Crippen LogP contribution in [0, 0.1) is 0 Å². The molecule has 1 heterocycles. The molecule has 0 saturated carbocycles. The summed E-state index contributed by atoms with van der Waals surface area (Å²) in [5.41, 5.74) is -0.730. The van der Waals surface area contributed by atoms with Crippen molar-refractivity contribution in [2.75, 3.05) is 13.1 Å². The van der Waals surface area contributed by atoms with Gasteiger partial charge in [-0.3, -0.25) is 19.7 Å². The van der Waals surface area contributed by atoms with E-state index < -0.39 is 29.4 Å². The van der Waals surface area contributed by atoms with Crippen LogP contribution in [0.25, 0.3) is 0 Å². The Morgan fingerprint density at radius 2 is 1.84 bits per heavy atom. The minimum Gasteiger partial charge on any atom is -0.481 e. The highest BCUT2D eigenvalue weighted by molar-refractivity contribution is 6.02. The lowest BCUT2D eigenvalue weighted by atomic mass is 9.99. The zero-order valence-electron chi connectivity index (χ0n) is 10.9. The Hall–Kier alpha value is -2.12.